The second-order valence-corrected chi connectivity index (χ2v) is 11.7. The van der Waals surface area contributed by atoms with Gasteiger partial charge in [0, 0.05) is 36.7 Å². The summed E-state index contributed by atoms with van der Waals surface area (Å²) in [5, 5.41) is 2.28. The van der Waals surface area contributed by atoms with Gasteiger partial charge in [-0.15, -0.1) is 0 Å². The zero-order valence-electron chi connectivity index (χ0n) is 20.1. The van der Waals surface area contributed by atoms with E-state index in [4.69, 9.17) is 9.47 Å². The summed E-state index contributed by atoms with van der Waals surface area (Å²) in [7, 11) is -3.99. The topological polar surface area (TPSA) is 122 Å². The minimum Gasteiger partial charge on any atom is -0.454 e. The van der Waals surface area contributed by atoms with Gasteiger partial charge in [-0.3, -0.25) is 19.7 Å². The molecule has 3 aliphatic heterocycles. The molecule has 3 heterocycles. The highest BCUT2D eigenvalue weighted by Gasteiger charge is 2.43. The van der Waals surface area contributed by atoms with Crippen molar-refractivity contribution >= 4 is 27.7 Å². The maximum Gasteiger partial charge on any atom is 0.255 e. The third-order valence-electron chi connectivity index (χ3n) is 7.63. The van der Waals surface area contributed by atoms with Crippen molar-refractivity contribution in [2.24, 2.45) is 0 Å². The molecular weight excluding hydrogens is 498 g/mol. The molecule has 1 saturated carbocycles. The molecule has 1 aliphatic carbocycles. The Morgan fingerprint density at radius 3 is 2.57 bits per heavy atom. The van der Waals surface area contributed by atoms with Gasteiger partial charge in [-0.05, 0) is 49.1 Å². The Morgan fingerprint density at radius 1 is 1.00 bits per heavy atom. The van der Waals surface area contributed by atoms with Crippen LogP contribution >= 0.6 is 0 Å². The van der Waals surface area contributed by atoms with Gasteiger partial charge < -0.3 is 14.4 Å². The zero-order chi connectivity index (χ0) is 25.7. The van der Waals surface area contributed by atoms with Gasteiger partial charge in [0.15, 0.2) is 11.5 Å². The number of hydrogen-bond donors (Lipinski definition) is 1. The van der Waals surface area contributed by atoms with Crippen LogP contribution < -0.4 is 14.8 Å². The number of carbonyl (C=O) groups is 3. The number of imide groups is 1. The van der Waals surface area contributed by atoms with Crippen LogP contribution in [0.5, 0.6) is 11.5 Å². The van der Waals surface area contributed by atoms with Crippen molar-refractivity contribution in [2.45, 2.75) is 68.6 Å². The van der Waals surface area contributed by atoms with Crippen LogP contribution in [0.25, 0.3) is 0 Å². The smallest absolute Gasteiger partial charge is 0.255 e. The minimum absolute atomic E-state index is 0.00161. The molecule has 0 spiro atoms. The molecule has 0 aromatic heterocycles. The van der Waals surface area contributed by atoms with Crippen LogP contribution in [0.15, 0.2) is 41.3 Å². The Hall–Kier alpha value is -3.44. The number of benzene rings is 2. The number of nitrogens with zero attached hydrogens (tertiary/aromatic N) is 2. The first-order valence-corrected chi connectivity index (χ1v) is 13.9. The molecule has 2 fully saturated rings. The van der Waals surface area contributed by atoms with Crippen molar-refractivity contribution in [1.29, 1.82) is 0 Å². The third kappa shape index (κ3) is 4.15. The van der Waals surface area contributed by atoms with E-state index in [-0.39, 0.29) is 55.1 Å². The predicted octanol–water partition coefficient (Wildman–Crippen LogP) is 2.31. The first-order valence-electron chi connectivity index (χ1n) is 12.5. The maximum absolute atomic E-state index is 14.2. The monoisotopic (exact) mass is 525 g/mol. The lowest BCUT2D eigenvalue weighted by Gasteiger charge is -2.30. The Balaban J connectivity index is 1.34. The summed E-state index contributed by atoms with van der Waals surface area (Å²) in [6.07, 6.45) is 3.77. The molecule has 37 heavy (non-hydrogen) atoms. The molecule has 194 valence electrons. The number of sulfonamides is 1. The normalized spacial score (nSPS) is 21.6. The summed E-state index contributed by atoms with van der Waals surface area (Å²) in [5.41, 5.74) is 1.46. The quantitative estimate of drug-likeness (QED) is 0.575. The van der Waals surface area contributed by atoms with Gasteiger partial charge >= 0.3 is 0 Å². The molecule has 1 atom stereocenters. The Bertz CT molecular complexity index is 1400. The zero-order valence-corrected chi connectivity index (χ0v) is 21.0. The van der Waals surface area contributed by atoms with Crippen molar-refractivity contribution in [3.05, 3.63) is 53.1 Å². The molecule has 6 rings (SSSR count). The molecular formula is C26H27N3O7S. The van der Waals surface area contributed by atoms with Crippen LogP contribution in [-0.2, 0) is 32.7 Å². The van der Waals surface area contributed by atoms with Crippen molar-refractivity contribution in [1.82, 2.24) is 14.5 Å². The van der Waals surface area contributed by atoms with Crippen LogP contribution in [0, 0.1) is 0 Å². The molecule has 4 aliphatic rings. The van der Waals surface area contributed by atoms with Gasteiger partial charge in [-0.25, -0.2) is 8.42 Å². The van der Waals surface area contributed by atoms with Crippen molar-refractivity contribution in [3.63, 3.8) is 0 Å². The van der Waals surface area contributed by atoms with Gasteiger partial charge in [0.1, 0.15) is 6.04 Å². The minimum atomic E-state index is -3.99. The standard InChI is InChI=1S/C26H27N3O7S/c30-24-11-9-20(25(31)27-24)28-14-19-18(26(28)32)6-3-7-23(19)37(33,34)29(17-4-1-2-5-17)13-16-8-10-21-22(12-16)36-15-35-21/h3,6-8,10,12,17,20H,1-2,4-5,9,11,13-15H2,(H,27,30,31). The molecule has 1 saturated heterocycles. The Kier molecular flexibility index (Phi) is 5.91. The first-order chi connectivity index (χ1) is 17.8. The lowest BCUT2D eigenvalue weighted by Crippen LogP contribution is -2.52. The van der Waals surface area contributed by atoms with Crippen LogP contribution in [0.2, 0.25) is 0 Å². The predicted molar refractivity (Wildman–Crippen MR) is 130 cm³/mol. The number of rotatable bonds is 6. The summed E-state index contributed by atoms with van der Waals surface area (Å²) in [6.45, 7) is 0.299. The van der Waals surface area contributed by atoms with E-state index in [1.165, 1.54) is 11.0 Å². The fraction of sp³-hybridized carbons (Fsp3) is 0.423. The fourth-order valence-corrected chi connectivity index (χ4v) is 7.66. The van der Waals surface area contributed by atoms with Crippen LogP contribution in [-0.4, -0.2) is 54.2 Å². The van der Waals surface area contributed by atoms with E-state index in [9.17, 15) is 22.8 Å². The molecule has 2 aromatic rings. The van der Waals surface area contributed by atoms with Gasteiger partial charge in [0.05, 0.1) is 4.90 Å². The lowest BCUT2D eigenvalue weighted by atomic mass is 10.0. The SMILES string of the molecule is O=C1CCC(N2Cc3c(cccc3S(=O)(=O)N(Cc3ccc4c(c3)OCO4)C3CCCC3)C2=O)C(=O)N1. The second-order valence-electron chi connectivity index (χ2n) is 9.86. The molecule has 1 N–H and O–H groups in total. The molecule has 10 nitrogen and oxygen atoms in total. The van der Waals surface area contributed by atoms with Crippen LogP contribution in [0.4, 0.5) is 0 Å². The van der Waals surface area contributed by atoms with E-state index >= 15 is 0 Å². The number of carbonyl (C=O) groups excluding carboxylic acids is 3. The molecule has 1 unspecified atom stereocenters. The number of nitrogens with one attached hydrogen (secondary N) is 1. The van der Waals surface area contributed by atoms with E-state index in [2.05, 4.69) is 5.32 Å². The summed E-state index contributed by atoms with van der Waals surface area (Å²) in [5.74, 6) is -0.0781. The van der Waals surface area contributed by atoms with E-state index in [1.54, 1.807) is 22.5 Å². The maximum atomic E-state index is 14.2. The van der Waals surface area contributed by atoms with Gasteiger partial charge in [-0.2, -0.15) is 4.31 Å². The van der Waals surface area contributed by atoms with Crippen LogP contribution in [0.1, 0.15) is 60.0 Å². The average molecular weight is 526 g/mol. The lowest BCUT2D eigenvalue weighted by molar-refractivity contribution is -0.136. The third-order valence-corrected chi connectivity index (χ3v) is 9.62. The molecule has 11 heteroatoms. The Labute approximate surface area is 214 Å². The second kappa shape index (κ2) is 9.14. The number of hydrogen-bond acceptors (Lipinski definition) is 7. The van der Waals surface area contributed by atoms with E-state index in [0.29, 0.717) is 17.1 Å². The van der Waals surface area contributed by atoms with Crippen molar-refractivity contribution in [3.8, 4) is 11.5 Å². The first kappa shape index (κ1) is 23.9. The van der Waals surface area contributed by atoms with Gasteiger partial charge in [0.25, 0.3) is 5.91 Å². The molecule has 0 bridgehead atoms. The van der Waals surface area contributed by atoms with Crippen LogP contribution in [0.3, 0.4) is 0 Å². The van der Waals surface area contributed by atoms with Gasteiger partial charge in [0.2, 0.25) is 28.6 Å². The summed E-state index contributed by atoms with van der Waals surface area (Å²) in [6, 6.07) is 9.18. The van der Waals surface area contributed by atoms with E-state index in [0.717, 1.165) is 31.2 Å². The number of amides is 3. The molecule has 0 radical (unpaired) electrons. The highest BCUT2D eigenvalue weighted by molar-refractivity contribution is 7.89. The summed E-state index contributed by atoms with van der Waals surface area (Å²) in [4.78, 5) is 38.8. The number of fused-ring (bicyclic) bond motifs is 2. The molecule has 2 aromatic carbocycles. The van der Waals surface area contributed by atoms with E-state index in [1.807, 2.05) is 12.1 Å². The highest BCUT2D eigenvalue weighted by atomic mass is 32.2. The number of piperidine rings is 1. The average Bonchev–Trinajstić information content (AvgIpc) is 3.63. The largest absolute Gasteiger partial charge is 0.454 e. The van der Waals surface area contributed by atoms with E-state index < -0.39 is 27.9 Å². The fourth-order valence-electron chi connectivity index (χ4n) is 5.75. The Morgan fingerprint density at radius 2 is 1.78 bits per heavy atom. The highest BCUT2D eigenvalue weighted by Crippen LogP contribution is 2.38. The van der Waals surface area contributed by atoms with Gasteiger partial charge in [-0.1, -0.05) is 25.0 Å². The van der Waals surface area contributed by atoms with Crippen molar-refractivity contribution < 1.29 is 32.3 Å². The molecule has 3 amide bonds. The summed E-state index contributed by atoms with van der Waals surface area (Å²) < 4.78 is 40.9. The number of ether oxygens (including phenoxy) is 2. The summed E-state index contributed by atoms with van der Waals surface area (Å²) >= 11 is 0. The van der Waals surface area contributed by atoms with Crippen molar-refractivity contribution in [2.75, 3.05) is 6.79 Å².